The Hall–Kier alpha value is -1.35. The third-order valence-electron chi connectivity index (χ3n) is 2.68. The summed E-state index contributed by atoms with van der Waals surface area (Å²) in [6.45, 7) is 4.39. The fourth-order valence-corrected chi connectivity index (χ4v) is 1.86. The number of rotatable bonds is 5. The summed E-state index contributed by atoms with van der Waals surface area (Å²) < 4.78 is 4.75. The molecule has 0 aromatic heterocycles. The molecule has 1 unspecified atom stereocenters. The van der Waals surface area contributed by atoms with E-state index in [2.05, 4.69) is 31.3 Å². The van der Waals surface area contributed by atoms with Gasteiger partial charge in [-0.05, 0) is 30.5 Å². The van der Waals surface area contributed by atoms with E-state index in [1.54, 1.807) is 7.05 Å². The molecule has 0 amide bonds. The number of hydrogen-bond donors (Lipinski definition) is 1. The van der Waals surface area contributed by atoms with Crippen molar-refractivity contribution < 1.29 is 9.53 Å². The van der Waals surface area contributed by atoms with Gasteiger partial charge in [-0.3, -0.25) is 0 Å². The van der Waals surface area contributed by atoms with E-state index in [0.29, 0.717) is 5.92 Å². The van der Waals surface area contributed by atoms with Gasteiger partial charge < -0.3 is 10.1 Å². The van der Waals surface area contributed by atoms with E-state index in [1.165, 1.54) is 12.7 Å². The SMILES string of the molecule is CNC(C(=O)OC)c1ccc(CC(C)C)cc1. The first kappa shape index (κ1) is 13.7. The normalized spacial score (nSPS) is 12.5. The van der Waals surface area contributed by atoms with Gasteiger partial charge in [0.2, 0.25) is 0 Å². The summed E-state index contributed by atoms with van der Waals surface area (Å²) >= 11 is 0. The van der Waals surface area contributed by atoms with Crippen LogP contribution in [0.15, 0.2) is 24.3 Å². The summed E-state index contributed by atoms with van der Waals surface area (Å²) in [6.07, 6.45) is 1.06. The molecule has 0 aliphatic rings. The van der Waals surface area contributed by atoms with Crippen LogP contribution in [0, 0.1) is 5.92 Å². The summed E-state index contributed by atoms with van der Waals surface area (Å²) in [6, 6.07) is 7.73. The number of benzene rings is 1. The van der Waals surface area contributed by atoms with Crippen LogP contribution in [0.3, 0.4) is 0 Å². The average Bonchev–Trinajstić information content (AvgIpc) is 2.31. The monoisotopic (exact) mass is 235 g/mol. The molecule has 0 spiro atoms. The van der Waals surface area contributed by atoms with Gasteiger partial charge in [0.05, 0.1) is 7.11 Å². The quantitative estimate of drug-likeness (QED) is 0.796. The summed E-state index contributed by atoms with van der Waals surface area (Å²) in [5, 5.41) is 2.95. The molecule has 0 saturated heterocycles. The largest absolute Gasteiger partial charge is 0.468 e. The van der Waals surface area contributed by atoms with Gasteiger partial charge in [0.1, 0.15) is 6.04 Å². The molecular weight excluding hydrogens is 214 g/mol. The molecule has 1 aromatic carbocycles. The Morgan fingerprint density at radius 3 is 2.29 bits per heavy atom. The highest BCUT2D eigenvalue weighted by molar-refractivity contribution is 5.77. The summed E-state index contributed by atoms with van der Waals surface area (Å²) in [5.41, 5.74) is 2.23. The van der Waals surface area contributed by atoms with Crippen LogP contribution >= 0.6 is 0 Å². The maximum Gasteiger partial charge on any atom is 0.327 e. The molecule has 0 heterocycles. The summed E-state index contributed by atoms with van der Waals surface area (Å²) in [4.78, 5) is 11.5. The van der Waals surface area contributed by atoms with Crippen LogP contribution in [-0.2, 0) is 16.0 Å². The molecule has 94 valence electrons. The summed E-state index contributed by atoms with van der Waals surface area (Å²) in [5.74, 6) is 0.380. The molecule has 0 bridgehead atoms. The van der Waals surface area contributed by atoms with Crippen molar-refractivity contribution in [1.82, 2.24) is 5.32 Å². The molecule has 0 aliphatic carbocycles. The molecule has 3 heteroatoms. The number of likely N-dealkylation sites (N-methyl/N-ethyl adjacent to an activating group) is 1. The van der Waals surface area contributed by atoms with Gasteiger partial charge in [-0.15, -0.1) is 0 Å². The molecule has 1 aromatic rings. The number of carbonyl (C=O) groups is 1. The predicted octanol–water partition coefficient (Wildman–Crippen LogP) is 2.32. The van der Waals surface area contributed by atoms with Crippen molar-refractivity contribution in [1.29, 1.82) is 0 Å². The van der Waals surface area contributed by atoms with Gasteiger partial charge in [-0.2, -0.15) is 0 Å². The van der Waals surface area contributed by atoms with Crippen LogP contribution in [0.25, 0.3) is 0 Å². The Morgan fingerprint density at radius 1 is 1.29 bits per heavy atom. The van der Waals surface area contributed by atoms with E-state index in [0.717, 1.165) is 12.0 Å². The van der Waals surface area contributed by atoms with Gasteiger partial charge >= 0.3 is 5.97 Å². The number of methoxy groups -OCH3 is 1. The van der Waals surface area contributed by atoms with Crippen LogP contribution in [0.4, 0.5) is 0 Å². The van der Waals surface area contributed by atoms with Crippen molar-refractivity contribution >= 4 is 5.97 Å². The van der Waals surface area contributed by atoms with Crippen molar-refractivity contribution in [2.75, 3.05) is 14.2 Å². The molecule has 1 N–H and O–H groups in total. The zero-order chi connectivity index (χ0) is 12.8. The Balaban J connectivity index is 2.81. The third kappa shape index (κ3) is 3.86. The Morgan fingerprint density at radius 2 is 1.88 bits per heavy atom. The van der Waals surface area contributed by atoms with Gasteiger partial charge in [0.15, 0.2) is 0 Å². The van der Waals surface area contributed by atoms with E-state index < -0.39 is 0 Å². The van der Waals surface area contributed by atoms with Crippen LogP contribution < -0.4 is 5.32 Å². The van der Waals surface area contributed by atoms with Crippen molar-refractivity contribution in [2.45, 2.75) is 26.3 Å². The Labute approximate surface area is 103 Å². The lowest BCUT2D eigenvalue weighted by Gasteiger charge is -2.14. The van der Waals surface area contributed by atoms with E-state index in [1.807, 2.05) is 12.1 Å². The smallest absolute Gasteiger partial charge is 0.327 e. The fourth-order valence-electron chi connectivity index (χ4n) is 1.86. The maximum atomic E-state index is 11.5. The zero-order valence-corrected chi connectivity index (χ0v) is 11.0. The predicted molar refractivity (Wildman–Crippen MR) is 68.8 cm³/mol. The second-order valence-electron chi connectivity index (χ2n) is 4.58. The van der Waals surface area contributed by atoms with Gasteiger partial charge in [0, 0.05) is 0 Å². The minimum atomic E-state index is -0.381. The highest BCUT2D eigenvalue weighted by Gasteiger charge is 2.18. The Kier molecular flexibility index (Phi) is 5.16. The highest BCUT2D eigenvalue weighted by atomic mass is 16.5. The summed E-state index contributed by atoms with van der Waals surface area (Å²) in [7, 11) is 3.16. The molecule has 0 radical (unpaired) electrons. The zero-order valence-electron chi connectivity index (χ0n) is 11.0. The first-order valence-electron chi connectivity index (χ1n) is 5.92. The number of carbonyl (C=O) groups excluding carboxylic acids is 1. The van der Waals surface area contributed by atoms with Gasteiger partial charge in [-0.1, -0.05) is 38.1 Å². The first-order valence-corrected chi connectivity index (χ1v) is 5.92. The lowest BCUT2D eigenvalue weighted by Crippen LogP contribution is -2.26. The number of ether oxygens (including phenoxy) is 1. The lowest BCUT2D eigenvalue weighted by atomic mass is 9.99. The van der Waals surface area contributed by atoms with Gasteiger partial charge in [0.25, 0.3) is 0 Å². The van der Waals surface area contributed by atoms with Crippen LogP contribution in [0.2, 0.25) is 0 Å². The number of hydrogen-bond acceptors (Lipinski definition) is 3. The number of nitrogens with one attached hydrogen (secondary N) is 1. The second kappa shape index (κ2) is 6.40. The van der Waals surface area contributed by atoms with Crippen LogP contribution in [0.5, 0.6) is 0 Å². The molecular formula is C14H21NO2. The first-order chi connectivity index (χ1) is 8.08. The minimum absolute atomic E-state index is 0.260. The average molecular weight is 235 g/mol. The van der Waals surface area contributed by atoms with Crippen molar-refractivity contribution in [2.24, 2.45) is 5.92 Å². The second-order valence-corrected chi connectivity index (χ2v) is 4.58. The van der Waals surface area contributed by atoms with Gasteiger partial charge in [-0.25, -0.2) is 4.79 Å². The van der Waals surface area contributed by atoms with E-state index in [9.17, 15) is 4.79 Å². The molecule has 0 fully saturated rings. The topological polar surface area (TPSA) is 38.3 Å². The molecule has 0 saturated carbocycles. The minimum Gasteiger partial charge on any atom is -0.468 e. The number of esters is 1. The molecule has 17 heavy (non-hydrogen) atoms. The highest BCUT2D eigenvalue weighted by Crippen LogP contribution is 2.16. The lowest BCUT2D eigenvalue weighted by molar-refractivity contribution is -0.143. The van der Waals surface area contributed by atoms with E-state index in [-0.39, 0.29) is 12.0 Å². The molecule has 0 aliphatic heterocycles. The van der Waals surface area contributed by atoms with E-state index in [4.69, 9.17) is 4.74 Å². The molecule has 1 rings (SSSR count). The van der Waals surface area contributed by atoms with Crippen LogP contribution in [-0.4, -0.2) is 20.1 Å². The molecule has 3 nitrogen and oxygen atoms in total. The maximum absolute atomic E-state index is 11.5. The molecule has 1 atom stereocenters. The van der Waals surface area contributed by atoms with Crippen molar-refractivity contribution in [3.05, 3.63) is 35.4 Å². The standard InChI is InChI=1S/C14H21NO2/c1-10(2)9-11-5-7-12(8-6-11)13(15-3)14(16)17-4/h5-8,10,13,15H,9H2,1-4H3. The van der Waals surface area contributed by atoms with Crippen molar-refractivity contribution in [3.8, 4) is 0 Å². The fraction of sp³-hybridized carbons (Fsp3) is 0.500. The van der Waals surface area contributed by atoms with Crippen LogP contribution in [0.1, 0.15) is 31.0 Å². The van der Waals surface area contributed by atoms with E-state index >= 15 is 0 Å². The Bertz CT molecular complexity index is 357. The third-order valence-corrected chi connectivity index (χ3v) is 2.68. The van der Waals surface area contributed by atoms with Crippen molar-refractivity contribution in [3.63, 3.8) is 0 Å².